The van der Waals surface area contributed by atoms with Crippen LogP contribution in [0.2, 0.25) is 0 Å². The summed E-state index contributed by atoms with van der Waals surface area (Å²) in [7, 11) is 0. The number of ether oxygens (including phenoxy) is 1. The summed E-state index contributed by atoms with van der Waals surface area (Å²) in [6.07, 6.45) is -2.10. The molecule has 0 fully saturated rings. The second-order valence-corrected chi connectivity index (χ2v) is 3.87. The number of hydrogen-bond donors (Lipinski definition) is 0. The highest BCUT2D eigenvalue weighted by molar-refractivity contribution is 5.19. The lowest BCUT2D eigenvalue weighted by Crippen LogP contribution is -2.06. The lowest BCUT2D eigenvalue weighted by atomic mass is 10.2. The van der Waals surface area contributed by atoms with Crippen LogP contribution in [0.25, 0.3) is 0 Å². The highest BCUT2D eigenvalue weighted by atomic mass is 16.5. The number of nitroso groups, excluding NO2 is 2. The Balaban J connectivity index is 2.17. The average Bonchev–Trinajstić information content (AvgIpc) is 2.50. The molecule has 2 atom stereocenters. The molecule has 5 nitrogen and oxygen atoms in total. The normalized spacial score (nSPS) is 13.5. The highest BCUT2D eigenvalue weighted by Crippen LogP contribution is 2.28. The maximum absolute atomic E-state index is 10.9. The number of benzene rings is 2. The van der Waals surface area contributed by atoms with E-state index in [-0.39, 0.29) is 0 Å². The number of nitrogens with zero attached hydrogens (tertiary/aromatic N) is 2. The monoisotopic (exact) mass is 256 g/mol. The molecule has 0 aromatic heterocycles. The topological polar surface area (TPSA) is 68.1 Å². The van der Waals surface area contributed by atoms with Crippen molar-refractivity contribution >= 4 is 0 Å². The van der Waals surface area contributed by atoms with Gasteiger partial charge in [-0.2, -0.15) is 0 Å². The van der Waals surface area contributed by atoms with Crippen LogP contribution in [0.15, 0.2) is 71.0 Å². The minimum Gasteiger partial charge on any atom is -0.316 e. The zero-order valence-electron chi connectivity index (χ0n) is 10.0. The Bertz CT molecular complexity index is 481. The van der Waals surface area contributed by atoms with E-state index in [4.69, 9.17) is 4.74 Å². The van der Waals surface area contributed by atoms with Gasteiger partial charge in [-0.25, -0.2) is 0 Å². The van der Waals surface area contributed by atoms with Gasteiger partial charge in [-0.1, -0.05) is 60.7 Å². The first kappa shape index (κ1) is 13.0. The standard InChI is InChI=1S/C14H12N2O3/c17-15-13(11-7-3-1-4-8-11)19-14(16-18)12-9-5-2-6-10-12/h1-10,13-14H. The molecule has 0 heterocycles. The molecule has 5 heteroatoms. The van der Waals surface area contributed by atoms with Gasteiger partial charge in [-0.05, 0) is 10.4 Å². The van der Waals surface area contributed by atoms with Crippen molar-refractivity contribution in [2.75, 3.05) is 0 Å². The lowest BCUT2D eigenvalue weighted by molar-refractivity contribution is -0.00720. The van der Waals surface area contributed by atoms with Gasteiger partial charge in [0.05, 0.1) is 0 Å². The maximum atomic E-state index is 10.9. The highest BCUT2D eigenvalue weighted by Gasteiger charge is 2.20. The Kier molecular flexibility index (Phi) is 4.47. The van der Waals surface area contributed by atoms with Crippen LogP contribution < -0.4 is 0 Å². The van der Waals surface area contributed by atoms with Crippen molar-refractivity contribution in [3.8, 4) is 0 Å². The predicted molar refractivity (Wildman–Crippen MR) is 71.0 cm³/mol. The predicted octanol–water partition coefficient (Wildman–Crippen LogP) is 3.93. The van der Waals surface area contributed by atoms with Gasteiger partial charge in [-0.3, -0.25) is 0 Å². The molecule has 0 N–H and O–H groups in total. The largest absolute Gasteiger partial charge is 0.316 e. The molecule has 0 aliphatic heterocycles. The minimum absolute atomic E-state index is 0.585. The summed E-state index contributed by atoms with van der Waals surface area (Å²) in [4.78, 5) is 21.7. The van der Waals surface area contributed by atoms with Crippen molar-refractivity contribution in [1.82, 2.24) is 0 Å². The van der Waals surface area contributed by atoms with Crippen LogP contribution in [-0.4, -0.2) is 0 Å². The fourth-order valence-corrected chi connectivity index (χ4v) is 1.69. The first-order chi connectivity index (χ1) is 9.35. The van der Waals surface area contributed by atoms with E-state index in [1.165, 1.54) is 0 Å². The van der Waals surface area contributed by atoms with Gasteiger partial charge < -0.3 is 4.74 Å². The second-order valence-electron chi connectivity index (χ2n) is 3.87. The van der Waals surface area contributed by atoms with Gasteiger partial charge in [0, 0.05) is 11.1 Å². The van der Waals surface area contributed by atoms with Gasteiger partial charge in [-0.15, -0.1) is 9.81 Å². The fourth-order valence-electron chi connectivity index (χ4n) is 1.69. The summed E-state index contributed by atoms with van der Waals surface area (Å²) >= 11 is 0. The van der Waals surface area contributed by atoms with Gasteiger partial charge in [0.2, 0.25) is 12.5 Å². The molecule has 0 bridgehead atoms. The second kappa shape index (κ2) is 6.51. The van der Waals surface area contributed by atoms with E-state index in [9.17, 15) is 9.81 Å². The summed E-state index contributed by atoms with van der Waals surface area (Å²) in [5.41, 5.74) is 1.17. The number of hydrogen-bond acceptors (Lipinski definition) is 5. The van der Waals surface area contributed by atoms with Crippen LogP contribution in [0.5, 0.6) is 0 Å². The molecule has 2 rings (SSSR count). The minimum atomic E-state index is -1.05. The van der Waals surface area contributed by atoms with Crippen LogP contribution >= 0.6 is 0 Å². The SMILES string of the molecule is O=NC(OC(N=O)c1ccccc1)c1ccccc1. The van der Waals surface area contributed by atoms with Crippen LogP contribution in [0.4, 0.5) is 0 Å². The van der Waals surface area contributed by atoms with E-state index in [0.717, 1.165) is 0 Å². The van der Waals surface area contributed by atoms with E-state index in [2.05, 4.69) is 10.4 Å². The molecule has 2 unspecified atom stereocenters. The third-order valence-electron chi connectivity index (χ3n) is 2.62. The molecule has 96 valence electrons. The summed E-state index contributed by atoms with van der Waals surface area (Å²) in [6.45, 7) is 0. The summed E-state index contributed by atoms with van der Waals surface area (Å²) in [5, 5.41) is 5.80. The van der Waals surface area contributed by atoms with Gasteiger partial charge in [0.25, 0.3) is 0 Å². The molecule has 0 saturated carbocycles. The lowest BCUT2D eigenvalue weighted by Gasteiger charge is -2.15. The Labute approximate surface area is 110 Å². The summed E-state index contributed by atoms with van der Waals surface area (Å²) < 4.78 is 5.36. The third kappa shape index (κ3) is 3.29. The van der Waals surface area contributed by atoms with Crippen molar-refractivity contribution in [2.45, 2.75) is 12.5 Å². The Morgan fingerprint density at radius 1 is 0.684 bits per heavy atom. The van der Waals surface area contributed by atoms with Crippen LogP contribution in [-0.2, 0) is 4.74 Å². The molecule has 0 aliphatic rings. The quantitative estimate of drug-likeness (QED) is 0.735. The van der Waals surface area contributed by atoms with E-state index in [0.29, 0.717) is 11.1 Å². The first-order valence-corrected chi connectivity index (χ1v) is 5.75. The van der Waals surface area contributed by atoms with Crippen LogP contribution in [0.3, 0.4) is 0 Å². The molecular weight excluding hydrogens is 244 g/mol. The van der Waals surface area contributed by atoms with Gasteiger partial charge in [0.15, 0.2) is 0 Å². The Morgan fingerprint density at radius 3 is 1.37 bits per heavy atom. The molecule has 0 radical (unpaired) electrons. The molecule has 0 amide bonds. The molecule has 0 saturated heterocycles. The first-order valence-electron chi connectivity index (χ1n) is 5.75. The zero-order valence-corrected chi connectivity index (χ0v) is 10.0. The molecule has 2 aromatic carbocycles. The molecule has 0 spiro atoms. The molecule has 2 aromatic rings. The molecule has 0 aliphatic carbocycles. The van der Waals surface area contributed by atoms with E-state index in [1.54, 1.807) is 48.5 Å². The van der Waals surface area contributed by atoms with E-state index in [1.807, 2.05) is 12.1 Å². The summed E-state index contributed by atoms with van der Waals surface area (Å²) in [5.74, 6) is 0. The van der Waals surface area contributed by atoms with Gasteiger partial charge in [0.1, 0.15) is 0 Å². The van der Waals surface area contributed by atoms with Crippen LogP contribution in [0.1, 0.15) is 23.6 Å². The van der Waals surface area contributed by atoms with Crippen LogP contribution in [0, 0.1) is 9.81 Å². The summed E-state index contributed by atoms with van der Waals surface area (Å²) in [6, 6.07) is 17.5. The van der Waals surface area contributed by atoms with Crippen molar-refractivity contribution in [3.05, 3.63) is 81.6 Å². The molecular formula is C14H12N2O3. The number of rotatable bonds is 6. The smallest absolute Gasteiger partial charge is 0.218 e. The van der Waals surface area contributed by atoms with E-state index >= 15 is 0 Å². The Hall–Kier alpha value is -2.40. The van der Waals surface area contributed by atoms with Crippen molar-refractivity contribution in [3.63, 3.8) is 0 Å². The third-order valence-corrected chi connectivity index (χ3v) is 2.62. The van der Waals surface area contributed by atoms with Crippen molar-refractivity contribution in [1.29, 1.82) is 0 Å². The van der Waals surface area contributed by atoms with Crippen molar-refractivity contribution < 1.29 is 4.74 Å². The Morgan fingerprint density at radius 2 is 1.05 bits per heavy atom. The zero-order chi connectivity index (χ0) is 13.5. The maximum Gasteiger partial charge on any atom is 0.218 e. The fraction of sp³-hybridized carbons (Fsp3) is 0.143. The molecule has 19 heavy (non-hydrogen) atoms. The van der Waals surface area contributed by atoms with E-state index < -0.39 is 12.5 Å². The van der Waals surface area contributed by atoms with Crippen molar-refractivity contribution in [2.24, 2.45) is 10.4 Å². The average molecular weight is 256 g/mol. The van der Waals surface area contributed by atoms with Gasteiger partial charge >= 0.3 is 0 Å².